The lowest BCUT2D eigenvalue weighted by Crippen LogP contribution is -2.09. The molecule has 0 radical (unpaired) electrons. The fourth-order valence-electron chi connectivity index (χ4n) is 3.91. The molecule has 0 N–H and O–H groups in total. The highest BCUT2D eigenvalue weighted by Gasteiger charge is 2.15. The monoisotopic (exact) mass is 414 g/mol. The minimum Gasteiger partial charge on any atom is -0.0579 e. The van der Waals surface area contributed by atoms with Gasteiger partial charge in [0.1, 0.15) is 0 Å². The van der Waals surface area contributed by atoms with Crippen molar-refractivity contribution in [3.8, 4) is 45.9 Å². The van der Waals surface area contributed by atoms with Crippen molar-refractivity contribution < 1.29 is 0 Å². The number of rotatable bonds is 0. The molecule has 4 aliphatic rings. The van der Waals surface area contributed by atoms with E-state index in [9.17, 15) is 0 Å². The molecule has 0 nitrogen and oxygen atoms in total. The van der Waals surface area contributed by atoms with Crippen LogP contribution in [0.5, 0.6) is 0 Å². The second-order valence-electron chi connectivity index (χ2n) is 10.5. The van der Waals surface area contributed by atoms with E-state index in [-0.39, 0.29) is 10.8 Å². The summed E-state index contributed by atoms with van der Waals surface area (Å²) in [5.74, 6) is 12.7. The van der Waals surface area contributed by atoms with Crippen LogP contribution < -0.4 is 0 Å². The van der Waals surface area contributed by atoms with Crippen LogP contribution in [0, 0.1) is 23.7 Å². The summed E-state index contributed by atoms with van der Waals surface area (Å²) in [7, 11) is 0. The van der Waals surface area contributed by atoms with E-state index < -0.39 is 0 Å². The van der Waals surface area contributed by atoms with Crippen LogP contribution in [0.3, 0.4) is 0 Å². The van der Waals surface area contributed by atoms with Gasteiger partial charge >= 0.3 is 0 Å². The van der Waals surface area contributed by atoms with Crippen LogP contribution in [-0.4, -0.2) is 0 Å². The van der Waals surface area contributed by atoms with Crippen LogP contribution in [-0.2, 0) is 10.8 Å². The van der Waals surface area contributed by atoms with Crippen molar-refractivity contribution in [1.82, 2.24) is 0 Å². The third kappa shape index (κ3) is 4.56. The third-order valence-electron chi connectivity index (χ3n) is 5.99. The van der Waals surface area contributed by atoms with E-state index in [1.165, 1.54) is 33.4 Å². The molecule has 0 heteroatoms. The van der Waals surface area contributed by atoms with Crippen LogP contribution in [0.2, 0.25) is 0 Å². The lowest BCUT2D eigenvalue weighted by atomic mass is 9.88. The van der Waals surface area contributed by atoms with Crippen LogP contribution in [0.4, 0.5) is 0 Å². The summed E-state index contributed by atoms with van der Waals surface area (Å²) in [6.07, 6.45) is 0. The molecule has 4 aliphatic carbocycles. The summed E-state index contributed by atoms with van der Waals surface area (Å²) in [6, 6.07) is 26.0. The SMILES string of the molecule is CC(C)(C)c1ccc2ccc(C#CC#Cc3ccc4ccc(C(C)(C)C)ccc3-4)c-2cc1. The van der Waals surface area contributed by atoms with Gasteiger partial charge in [-0.3, -0.25) is 0 Å². The molecule has 158 valence electrons. The van der Waals surface area contributed by atoms with E-state index in [0.717, 1.165) is 11.1 Å². The van der Waals surface area contributed by atoms with Gasteiger partial charge in [-0.2, -0.15) is 0 Å². The first-order chi connectivity index (χ1) is 15.1. The highest BCUT2D eigenvalue weighted by atomic mass is 14.2. The van der Waals surface area contributed by atoms with Crippen LogP contribution in [0.1, 0.15) is 63.8 Å². The number of hydrogen-bond donors (Lipinski definition) is 0. The Balaban J connectivity index is 1.62. The quantitative estimate of drug-likeness (QED) is 0.257. The Morgan fingerprint density at radius 1 is 0.438 bits per heavy atom. The molecule has 0 saturated heterocycles. The Labute approximate surface area is 193 Å². The fourth-order valence-corrected chi connectivity index (χ4v) is 3.91. The summed E-state index contributed by atoms with van der Waals surface area (Å²) in [6.45, 7) is 13.4. The smallest absolute Gasteiger partial charge is 0.0334 e. The first-order valence-corrected chi connectivity index (χ1v) is 11.2. The Morgan fingerprint density at radius 3 is 1.16 bits per heavy atom. The molecule has 0 amide bonds. The zero-order valence-electron chi connectivity index (χ0n) is 19.9. The number of fused-ring (bicyclic) bond motifs is 2. The summed E-state index contributed by atoms with van der Waals surface area (Å²) in [4.78, 5) is 0. The second-order valence-corrected chi connectivity index (χ2v) is 10.5. The highest BCUT2D eigenvalue weighted by Crippen LogP contribution is 2.31. The van der Waals surface area contributed by atoms with Crippen molar-refractivity contribution in [2.24, 2.45) is 0 Å². The minimum atomic E-state index is 0.125. The summed E-state index contributed by atoms with van der Waals surface area (Å²) in [5.41, 5.74) is 9.71. The molecular formula is C32H30. The van der Waals surface area contributed by atoms with E-state index in [1.807, 2.05) is 0 Å². The first-order valence-electron chi connectivity index (χ1n) is 11.2. The topological polar surface area (TPSA) is 0 Å². The largest absolute Gasteiger partial charge is 0.0579 e. The van der Waals surface area contributed by atoms with Gasteiger partial charge in [0.15, 0.2) is 0 Å². The zero-order chi connectivity index (χ0) is 22.9. The Hall–Kier alpha value is -3.48. The van der Waals surface area contributed by atoms with Gasteiger partial charge in [-0.05, 0) is 68.2 Å². The third-order valence-corrected chi connectivity index (χ3v) is 5.99. The van der Waals surface area contributed by atoms with Crippen molar-refractivity contribution in [2.75, 3.05) is 0 Å². The number of hydrogen-bond acceptors (Lipinski definition) is 0. The van der Waals surface area contributed by atoms with Gasteiger partial charge in [-0.1, -0.05) is 114 Å². The van der Waals surface area contributed by atoms with Gasteiger partial charge in [-0.25, -0.2) is 0 Å². The molecule has 0 unspecified atom stereocenters. The van der Waals surface area contributed by atoms with Crippen molar-refractivity contribution in [2.45, 2.75) is 52.4 Å². The van der Waals surface area contributed by atoms with Gasteiger partial charge in [0.2, 0.25) is 0 Å². The van der Waals surface area contributed by atoms with Crippen LogP contribution in [0.25, 0.3) is 22.3 Å². The maximum absolute atomic E-state index is 3.26. The Bertz CT molecular complexity index is 1220. The average molecular weight is 415 g/mol. The van der Waals surface area contributed by atoms with Gasteiger partial charge in [-0.15, -0.1) is 0 Å². The standard InChI is InChI=1S/C32H30/c1-31(2,3)27-17-15-25-13-11-23(29(25)21-19-27)9-7-8-10-24-12-14-26-16-18-28(32(4,5)6)20-22-30(24)26/h11-22H,1-6H3. The molecule has 0 fully saturated rings. The van der Waals surface area contributed by atoms with E-state index in [1.54, 1.807) is 0 Å². The molecule has 0 atom stereocenters. The molecule has 0 saturated carbocycles. The van der Waals surface area contributed by atoms with Crippen molar-refractivity contribution in [3.63, 3.8) is 0 Å². The van der Waals surface area contributed by atoms with Gasteiger partial charge in [0, 0.05) is 11.1 Å². The van der Waals surface area contributed by atoms with Crippen molar-refractivity contribution in [1.29, 1.82) is 0 Å². The van der Waals surface area contributed by atoms with Gasteiger partial charge in [0.25, 0.3) is 0 Å². The van der Waals surface area contributed by atoms with Crippen LogP contribution >= 0.6 is 0 Å². The predicted octanol–water partition coefficient (Wildman–Crippen LogP) is 7.89. The molecule has 0 aromatic heterocycles. The van der Waals surface area contributed by atoms with Crippen LogP contribution in [0.15, 0.2) is 72.8 Å². The minimum absolute atomic E-state index is 0.125. The van der Waals surface area contributed by atoms with E-state index >= 15 is 0 Å². The maximum atomic E-state index is 3.26. The summed E-state index contributed by atoms with van der Waals surface area (Å²) in [5, 5.41) is 0. The molecule has 32 heavy (non-hydrogen) atoms. The molecule has 0 aliphatic heterocycles. The molecule has 0 aromatic rings. The normalized spacial score (nSPS) is 11.6. The predicted molar refractivity (Wildman–Crippen MR) is 137 cm³/mol. The van der Waals surface area contributed by atoms with Crippen molar-refractivity contribution >= 4 is 0 Å². The zero-order valence-corrected chi connectivity index (χ0v) is 19.9. The summed E-state index contributed by atoms with van der Waals surface area (Å²) >= 11 is 0. The molecule has 0 heterocycles. The van der Waals surface area contributed by atoms with E-state index in [4.69, 9.17) is 0 Å². The average Bonchev–Trinajstić information content (AvgIpc) is 3.09. The molecule has 0 spiro atoms. The van der Waals surface area contributed by atoms with E-state index in [2.05, 4.69) is 138 Å². The lowest BCUT2D eigenvalue weighted by Gasteiger charge is -2.17. The Kier molecular flexibility index (Phi) is 5.59. The molecule has 0 aromatic carbocycles. The fraction of sp³-hybridized carbons (Fsp3) is 0.250. The second kappa shape index (κ2) is 8.22. The summed E-state index contributed by atoms with van der Waals surface area (Å²) < 4.78 is 0. The van der Waals surface area contributed by atoms with Gasteiger partial charge in [0.05, 0.1) is 0 Å². The lowest BCUT2D eigenvalue weighted by molar-refractivity contribution is 0.590. The van der Waals surface area contributed by atoms with Crippen molar-refractivity contribution in [3.05, 3.63) is 95.1 Å². The highest BCUT2D eigenvalue weighted by molar-refractivity contribution is 5.76. The molecule has 4 rings (SSSR count). The first kappa shape index (κ1) is 21.7. The maximum Gasteiger partial charge on any atom is 0.0334 e. The Morgan fingerprint density at radius 2 is 0.781 bits per heavy atom. The molecular weight excluding hydrogens is 384 g/mol. The van der Waals surface area contributed by atoms with E-state index in [0.29, 0.717) is 0 Å². The molecule has 0 bridgehead atoms. The van der Waals surface area contributed by atoms with Gasteiger partial charge < -0.3 is 0 Å².